The molecular formula is C9H12F5N3. The molecule has 1 rings (SSSR count). The van der Waals surface area contributed by atoms with Crippen LogP contribution < -0.4 is 5.32 Å². The van der Waals surface area contributed by atoms with Gasteiger partial charge in [0.1, 0.15) is 6.04 Å². The predicted molar refractivity (Wildman–Crippen MR) is 50.6 cm³/mol. The number of halogens is 5. The summed E-state index contributed by atoms with van der Waals surface area (Å²) in [4.78, 5) is 0. The van der Waals surface area contributed by atoms with Crippen LogP contribution in [0.15, 0.2) is 12.4 Å². The van der Waals surface area contributed by atoms with Crippen molar-refractivity contribution in [2.45, 2.75) is 25.1 Å². The van der Waals surface area contributed by atoms with Gasteiger partial charge in [0.05, 0.1) is 6.20 Å². The summed E-state index contributed by atoms with van der Waals surface area (Å²) in [5.74, 6) is -4.84. The minimum absolute atomic E-state index is 0.00870. The first-order valence-electron chi connectivity index (χ1n) is 4.86. The summed E-state index contributed by atoms with van der Waals surface area (Å²) in [5, 5.41) is 5.73. The maximum Gasteiger partial charge on any atom is 0.455 e. The molecule has 0 aliphatic carbocycles. The van der Waals surface area contributed by atoms with E-state index >= 15 is 0 Å². The average Bonchev–Trinajstić information content (AvgIpc) is 2.58. The Hall–Kier alpha value is -1.18. The first-order valence-corrected chi connectivity index (χ1v) is 4.86. The van der Waals surface area contributed by atoms with Crippen molar-refractivity contribution in [1.82, 2.24) is 15.1 Å². The van der Waals surface area contributed by atoms with Gasteiger partial charge in [0.2, 0.25) is 0 Å². The molecule has 0 aliphatic heterocycles. The van der Waals surface area contributed by atoms with Crippen molar-refractivity contribution in [1.29, 1.82) is 0 Å². The van der Waals surface area contributed by atoms with Gasteiger partial charge >= 0.3 is 12.1 Å². The molecule has 1 aromatic rings. The van der Waals surface area contributed by atoms with Crippen molar-refractivity contribution >= 4 is 0 Å². The van der Waals surface area contributed by atoms with Gasteiger partial charge in [-0.15, -0.1) is 0 Å². The highest BCUT2D eigenvalue weighted by Gasteiger charge is 2.62. The summed E-state index contributed by atoms with van der Waals surface area (Å²) >= 11 is 0. The van der Waals surface area contributed by atoms with Crippen LogP contribution in [-0.4, -0.2) is 28.4 Å². The summed E-state index contributed by atoms with van der Waals surface area (Å²) in [6.07, 6.45) is -3.48. The first-order chi connectivity index (χ1) is 7.70. The third-order valence-corrected chi connectivity index (χ3v) is 2.21. The molecule has 1 aromatic heterocycles. The van der Waals surface area contributed by atoms with Gasteiger partial charge in [0.15, 0.2) is 0 Å². The highest BCUT2D eigenvalue weighted by Crippen LogP contribution is 2.44. The minimum atomic E-state index is -5.60. The van der Waals surface area contributed by atoms with E-state index in [4.69, 9.17) is 0 Å². The van der Waals surface area contributed by atoms with E-state index in [1.54, 1.807) is 0 Å². The van der Waals surface area contributed by atoms with E-state index in [2.05, 4.69) is 10.4 Å². The van der Waals surface area contributed by atoms with Crippen molar-refractivity contribution in [2.75, 3.05) is 6.54 Å². The Morgan fingerprint density at radius 2 is 1.94 bits per heavy atom. The van der Waals surface area contributed by atoms with Gasteiger partial charge in [-0.25, -0.2) is 0 Å². The molecule has 0 saturated carbocycles. The standard InChI is InChI=1S/C9H12F5N3/c1-3-15-7(6-4-16-17(2)5-6)8(10,11)9(12,13)14/h4-5,7,15H,3H2,1-2H3. The maximum atomic E-state index is 13.3. The van der Waals surface area contributed by atoms with Crippen LogP contribution in [-0.2, 0) is 7.05 Å². The van der Waals surface area contributed by atoms with Gasteiger partial charge < -0.3 is 5.32 Å². The highest BCUT2D eigenvalue weighted by atomic mass is 19.4. The number of aryl methyl sites for hydroxylation is 1. The second-order valence-corrected chi connectivity index (χ2v) is 3.56. The van der Waals surface area contributed by atoms with Gasteiger partial charge in [-0.3, -0.25) is 4.68 Å². The SMILES string of the molecule is CCNC(c1cnn(C)c1)C(F)(F)C(F)(F)F. The van der Waals surface area contributed by atoms with E-state index in [1.807, 2.05) is 0 Å². The van der Waals surface area contributed by atoms with Crippen LogP contribution >= 0.6 is 0 Å². The monoisotopic (exact) mass is 257 g/mol. The zero-order valence-electron chi connectivity index (χ0n) is 9.22. The average molecular weight is 257 g/mol. The molecule has 17 heavy (non-hydrogen) atoms. The normalized spacial score (nSPS) is 15.0. The zero-order chi connectivity index (χ0) is 13.3. The van der Waals surface area contributed by atoms with E-state index in [1.165, 1.54) is 18.7 Å². The number of hydrogen-bond donors (Lipinski definition) is 1. The lowest BCUT2D eigenvalue weighted by Crippen LogP contribution is -2.47. The van der Waals surface area contributed by atoms with E-state index < -0.39 is 18.1 Å². The van der Waals surface area contributed by atoms with Crippen molar-refractivity contribution in [2.24, 2.45) is 7.05 Å². The maximum absolute atomic E-state index is 13.3. The molecule has 0 amide bonds. The molecule has 1 N–H and O–H groups in total. The van der Waals surface area contributed by atoms with Crippen LogP contribution in [0.4, 0.5) is 22.0 Å². The first kappa shape index (κ1) is 13.9. The fourth-order valence-electron chi connectivity index (χ4n) is 1.41. The molecule has 0 bridgehead atoms. The molecule has 0 aliphatic rings. The third kappa shape index (κ3) is 2.74. The Labute approximate surface area is 94.6 Å². The molecule has 0 radical (unpaired) electrons. The quantitative estimate of drug-likeness (QED) is 0.838. The number of nitrogens with one attached hydrogen (secondary N) is 1. The molecule has 1 heterocycles. The van der Waals surface area contributed by atoms with Gasteiger partial charge in [-0.05, 0) is 6.54 Å². The summed E-state index contributed by atoms with van der Waals surface area (Å²) < 4.78 is 64.5. The largest absolute Gasteiger partial charge is 0.455 e. The fraction of sp³-hybridized carbons (Fsp3) is 0.667. The molecule has 1 unspecified atom stereocenters. The van der Waals surface area contributed by atoms with Gasteiger partial charge in [0.25, 0.3) is 0 Å². The Balaban J connectivity index is 3.09. The predicted octanol–water partition coefficient (Wildman–Crippen LogP) is 2.27. The van der Waals surface area contributed by atoms with Gasteiger partial charge in [0, 0.05) is 18.8 Å². The summed E-state index contributed by atoms with van der Waals surface area (Å²) in [5.41, 5.74) is -0.198. The molecule has 0 aromatic carbocycles. The smallest absolute Gasteiger partial charge is 0.305 e. The van der Waals surface area contributed by atoms with Crippen LogP contribution in [0.1, 0.15) is 18.5 Å². The zero-order valence-corrected chi connectivity index (χ0v) is 9.22. The molecule has 8 heteroatoms. The number of rotatable bonds is 4. The van der Waals surface area contributed by atoms with Crippen LogP contribution in [0.25, 0.3) is 0 Å². The van der Waals surface area contributed by atoms with E-state index in [-0.39, 0.29) is 12.1 Å². The van der Waals surface area contributed by atoms with Crippen molar-refractivity contribution in [3.8, 4) is 0 Å². The minimum Gasteiger partial charge on any atom is -0.305 e. The second-order valence-electron chi connectivity index (χ2n) is 3.56. The second kappa shape index (κ2) is 4.59. The Morgan fingerprint density at radius 3 is 2.29 bits per heavy atom. The molecular weight excluding hydrogens is 245 g/mol. The number of aromatic nitrogens is 2. The van der Waals surface area contributed by atoms with Crippen molar-refractivity contribution < 1.29 is 22.0 Å². The Bertz CT molecular complexity index is 371. The van der Waals surface area contributed by atoms with Crippen molar-refractivity contribution in [3.63, 3.8) is 0 Å². The highest BCUT2D eigenvalue weighted by molar-refractivity contribution is 5.15. The Kier molecular flexibility index (Phi) is 3.75. The molecule has 1 atom stereocenters. The van der Waals surface area contributed by atoms with E-state index in [0.29, 0.717) is 0 Å². The summed E-state index contributed by atoms with van der Waals surface area (Å²) in [6, 6.07) is -2.12. The number of nitrogens with zero attached hydrogens (tertiary/aromatic N) is 2. The van der Waals surface area contributed by atoms with Crippen LogP contribution in [0.2, 0.25) is 0 Å². The lowest BCUT2D eigenvalue weighted by molar-refractivity contribution is -0.294. The molecule has 0 fully saturated rings. The molecule has 0 spiro atoms. The van der Waals surface area contributed by atoms with Crippen LogP contribution in [0, 0.1) is 0 Å². The lowest BCUT2D eigenvalue weighted by atomic mass is 10.0. The van der Waals surface area contributed by atoms with E-state index in [9.17, 15) is 22.0 Å². The molecule has 3 nitrogen and oxygen atoms in total. The Morgan fingerprint density at radius 1 is 1.35 bits per heavy atom. The number of alkyl halides is 5. The summed E-state index contributed by atoms with van der Waals surface area (Å²) in [6.45, 7) is 1.45. The van der Waals surface area contributed by atoms with E-state index in [0.717, 1.165) is 12.4 Å². The molecule has 98 valence electrons. The van der Waals surface area contributed by atoms with Crippen LogP contribution in [0.5, 0.6) is 0 Å². The van der Waals surface area contributed by atoms with Gasteiger partial charge in [-0.2, -0.15) is 27.1 Å². The third-order valence-electron chi connectivity index (χ3n) is 2.21. The topological polar surface area (TPSA) is 29.9 Å². The fourth-order valence-corrected chi connectivity index (χ4v) is 1.41. The molecule has 0 saturated heterocycles. The van der Waals surface area contributed by atoms with Crippen molar-refractivity contribution in [3.05, 3.63) is 18.0 Å². The lowest BCUT2D eigenvalue weighted by Gasteiger charge is -2.28. The summed E-state index contributed by atoms with van der Waals surface area (Å²) in [7, 11) is 1.44. The van der Waals surface area contributed by atoms with Crippen LogP contribution in [0.3, 0.4) is 0 Å². The van der Waals surface area contributed by atoms with Gasteiger partial charge in [-0.1, -0.05) is 6.92 Å². The number of hydrogen-bond acceptors (Lipinski definition) is 2.